The zero-order valence-electron chi connectivity index (χ0n) is 10.5. The Hall–Kier alpha value is -1.65. The van der Waals surface area contributed by atoms with E-state index in [4.69, 9.17) is 5.11 Å². The highest BCUT2D eigenvalue weighted by atomic mass is 16.3. The molecule has 1 aromatic carbocycles. The van der Waals surface area contributed by atoms with Gasteiger partial charge in [-0.05, 0) is 43.5 Å². The van der Waals surface area contributed by atoms with Crippen molar-refractivity contribution in [2.24, 2.45) is 0 Å². The fourth-order valence-electron chi connectivity index (χ4n) is 1.93. The van der Waals surface area contributed by atoms with Gasteiger partial charge in [-0.2, -0.15) is 0 Å². The van der Waals surface area contributed by atoms with E-state index in [0.29, 0.717) is 19.5 Å². The number of aliphatic hydroxyl groups excluding tert-OH is 1. The van der Waals surface area contributed by atoms with Crippen molar-refractivity contribution in [3.63, 3.8) is 0 Å². The fraction of sp³-hybridized carbons (Fsp3) is 0.357. The molecule has 0 atom stereocenters. The highest BCUT2D eigenvalue weighted by Gasteiger charge is 2.02. The molecule has 4 nitrogen and oxygen atoms in total. The van der Waals surface area contributed by atoms with Gasteiger partial charge in [0.15, 0.2) is 0 Å². The smallest absolute Gasteiger partial charge is 0.252 e. The molecule has 0 spiro atoms. The van der Waals surface area contributed by atoms with Gasteiger partial charge in [-0.15, -0.1) is 0 Å². The van der Waals surface area contributed by atoms with Gasteiger partial charge in [0, 0.05) is 24.2 Å². The van der Waals surface area contributed by atoms with Crippen molar-refractivity contribution >= 4 is 10.9 Å². The van der Waals surface area contributed by atoms with Crippen LogP contribution in [0.1, 0.15) is 17.5 Å². The Balaban J connectivity index is 2.22. The first-order valence-corrected chi connectivity index (χ1v) is 6.15. The molecule has 0 fully saturated rings. The van der Waals surface area contributed by atoms with Gasteiger partial charge in [-0.1, -0.05) is 11.6 Å². The van der Waals surface area contributed by atoms with Gasteiger partial charge in [-0.3, -0.25) is 4.79 Å². The van der Waals surface area contributed by atoms with Crippen molar-refractivity contribution in [3.05, 3.63) is 45.7 Å². The molecule has 0 saturated heterocycles. The second-order valence-corrected chi connectivity index (χ2v) is 4.47. The van der Waals surface area contributed by atoms with E-state index < -0.39 is 0 Å². The average molecular weight is 246 g/mol. The Kier molecular flexibility index (Phi) is 4.12. The van der Waals surface area contributed by atoms with Gasteiger partial charge in [0.05, 0.1) is 0 Å². The number of aliphatic hydroxyl groups is 1. The highest BCUT2D eigenvalue weighted by Crippen LogP contribution is 2.12. The van der Waals surface area contributed by atoms with E-state index in [1.54, 1.807) is 0 Å². The summed E-state index contributed by atoms with van der Waals surface area (Å²) in [5, 5.41) is 12.9. The van der Waals surface area contributed by atoms with Gasteiger partial charge < -0.3 is 15.4 Å². The molecule has 0 aliphatic rings. The van der Waals surface area contributed by atoms with Crippen LogP contribution in [0.3, 0.4) is 0 Å². The molecule has 96 valence electrons. The molecule has 4 heteroatoms. The average Bonchev–Trinajstić information content (AvgIpc) is 2.35. The molecule has 0 bridgehead atoms. The molecule has 0 aliphatic carbocycles. The van der Waals surface area contributed by atoms with Crippen LogP contribution >= 0.6 is 0 Å². The van der Waals surface area contributed by atoms with Crippen LogP contribution in [0.2, 0.25) is 0 Å². The van der Waals surface area contributed by atoms with Crippen LogP contribution in [0.5, 0.6) is 0 Å². The van der Waals surface area contributed by atoms with E-state index in [0.717, 1.165) is 16.5 Å². The van der Waals surface area contributed by atoms with Crippen molar-refractivity contribution in [2.45, 2.75) is 19.9 Å². The van der Waals surface area contributed by atoms with Crippen LogP contribution in [0.15, 0.2) is 29.1 Å². The summed E-state index contributed by atoms with van der Waals surface area (Å²) in [4.78, 5) is 14.7. The van der Waals surface area contributed by atoms with Crippen LogP contribution in [0.25, 0.3) is 10.9 Å². The number of aromatic amines is 1. The van der Waals surface area contributed by atoms with Crippen molar-refractivity contribution < 1.29 is 5.11 Å². The second-order valence-electron chi connectivity index (χ2n) is 4.47. The summed E-state index contributed by atoms with van der Waals surface area (Å²) >= 11 is 0. The van der Waals surface area contributed by atoms with Crippen LogP contribution < -0.4 is 10.9 Å². The summed E-state index contributed by atoms with van der Waals surface area (Å²) in [6.07, 6.45) is 0.699. The van der Waals surface area contributed by atoms with E-state index in [9.17, 15) is 4.79 Å². The summed E-state index contributed by atoms with van der Waals surface area (Å²) in [5.74, 6) is 0. The minimum absolute atomic E-state index is 0.0529. The van der Waals surface area contributed by atoms with Gasteiger partial charge in [-0.25, -0.2) is 0 Å². The maximum absolute atomic E-state index is 11.8. The first-order chi connectivity index (χ1) is 8.70. The number of hydrogen-bond donors (Lipinski definition) is 3. The zero-order chi connectivity index (χ0) is 13.0. The lowest BCUT2D eigenvalue weighted by Crippen LogP contribution is -2.22. The van der Waals surface area contributed by atoms with E-state index in [1.807, 2.05) is 25.1 Å². The lowest BCUT2D eigenvalue weighted by molar-refractivity contribution is 0.286. The van der Waals surface area contributed by atoms with Crippen LogP contribution in [-0.4, -0.2) is 23.2 Å². The van der Waals surface area contributed by atoms with Crippen LogP contribution in [0.4, 0.5) is 0 Å². The Morgan fingerprint density at radius 2 is 2.17 bits per heavy atom. The van der Waals surface area contributed by atoms with E-state index in [-0.39, 0.29) is 12.2 Å². The van der Waals surface area contributed by atoms with E-state index in [1.165, 1.54) is 5.56 Å². The number of nitrogens with one attached hydrogen (secondary N) is 2. The molecule has 0 unspecified atom stereocenters. The summed E-state index contributed by atoms with van der Waals surface area (Å²) in [6, 6.07) is 7.89. The van der Waals surface area contributed by atoms with Gasteiger partial charge in [0.1, 0.15) is 0 Å². The Morgan fingerprint density at radius 1 is 1.33 bits per heavy atom. The maximum atomic E-state index is 11.8. The molecule has 0 amide bonds. The third kappa shape index (κ3) is 2.97. The van der Waals surface area contributed by atoms with Gasteiger partial charge in [0.2, 0.25) is 0 Å². The van der Waals surface area contributed by atoms with E-state index >= 15 is 0 Å². The molecule has 3 N–H and O–H groups in total. The minimum atomic E-state index is -0.0529. The van der Waals surface area contributed by atoms with Gasteiger partial charge >= 0.3 is 0 Å². The number of hydrogen-bond acceptors (Lipinski definition) is 3. The summed E-state index contributed by atoms with van der Waals surface area (Å²) in [7, 11) is 0. The van der Waals surface area contributed by atoms with Crippen molar-refractivity contribution in [2.75, 3.05) is 13.2 Å². The third-order valence-corrected chi connectivity index (χ3v) is 2.90. The predicted molar refractivity (Wildman–Crippen MR) is 72.7 cm³/mol. The number of aromatic nitrogens is 1. The molecule has 1 aromatic heterocycles. The number of H-pyrrole nitrogens is 1. The lowest BCUT2D eigenvalue weighted by Gasteiger charge is -2.05. The monoisotopic (exact) mass is 246 g/mol. The van der Waals surface area contributed by atoms with Crippen molar-refractivity contribution in [1.29, 1.82) is 0 Å². The Bertz CT molecular complexity index is 590. The largest absolute Gasteiger partial charge is 0.396 e. The molecular weight excluding hydrogens is 228 g/mol. The molecule has 0 saturated carbocycles. The van der Waals surface area contributed by atoms with Crippen molar-refractivity contribution in [3.8, 4) is 0 Å². The maximum Gasteiger partial charge on any atom is 0.252 e. The SMILES string of the molecule is Cc1ccc2[nH]c(=O)c(CNCCCO)cc2c1. The van der Waals surface area contributed by atoms with Crippen LogP contribution in [-0.2, 0) is 6.54 Å². The molecular formula is C14H18N2O2. The van der Waals surface area contributed by atoms with Gasteiger partial charge in [0.25, 0.3) is 5.56 Å². The second kappa shape index (κ2) is 5.80. The quantitative estimate of drug-likeness (QED) is 0.697. The minimum Gasteiger partial charge on any atom is -0.396 e. The van der Waals surface area contributed by atoms with Crippen molar-refractivity contribution in [1.82, 2.24) is 10.3 Å². The third-order valence-electron chi connectivity index (χ3n) is 2.90. The van der Waals surface area contributed by atoms with Crippen LogP contribution in [0, 0.1) is 6.92 Å². The fourth-order valence-corrected chi connectivity index (χ4v) is 1.93. The molecule has 0 aliphatic heterocycles. The number of benzene rings is 1. The molecule has 0 radical (unpaired) electrons. The first-order valence-electron chi connectivity index (χ1n) is 6.15. The summed E-state index contributed by atoms with van der Waals surface area (Å²) in [5.41, 5.74) is 2.72. The number of pyridine rings is 1. The highest BCUT2D eigenvalue weighted by molar-refractivity contribution is 5.79. The van der Waals surface area contributed by atoms with E-state index in [2.05, 4.69) is 16.4 Å². The predicted octanol–water partition coefficient (Wildman–Crippen LogP) is 1.31. The number of fused-ring (bicyclic) bond motifs is 1. The lowest BCUT2D eigenvalue weighted by atomic mass is 10.1. The number of aryl methyl sites for hydroxylation is 1. The molecule has 18 heavy (non-hydrogen) atoms. The molecule has 2 aromatic rings. The standard InChI is InChI=1S/C14H18N2O2/c1-10-3-4-13-11(7-10)8-12(14(18)16-13)9-15-5-2-6-17/h3-4,7-8,15,17H,2,5-6,9H2,1H3,(H,16,18). The number of rotatable bonds is 5. The molecule has 2 rings (SSSR count). The Morgan fingerprint density at radius 3 is 2.94 bits per heavy atom. The molecule has 1 heterocycles. The normalized spacial score (nSPS) is 11.0. The summed E-state index contributed by atoms with van der Waals surface area (Å²) < 4.78 is 0. The first kappa shape index (κ1) is 12.8. The topological polar surface area (TPSA) is 65.1 Å². The zero-order valence-corrected chi connectivity index (χ0v) is 10.5. The summed E-state index contributed by atoms with van der Waals surface area (Å²) in [6.45, 7) is 3.44. The Labute approximate surface area is 106 Å².